The number of aromatic nitrogens is 1. The van der Waals surface area contributed by atoms with Crippen LogP contribution in [0.2, 0.25) is 0 Å². The van der Waals surface area contributed by atoms with Gasteiger partial charge in [-0.3, -0.25) is 4.98 Å². The maximum atomic E-state index is 12.0. The molecule has 66 valence electrons. The summed E-state index contributed by atoms with van der Waals surface area (Å²) in [5.74, 6) is 0. The van der Waals surface area contributed by atoms with E-state index in [1.54, 1.807) is 0 Å². The predicted octanol–water partition coefficient (Wildman–Crippen LogP) is 2.27. The highest BCUT2D eigenvalue weighted by atomic mass is 79.9. The van der Waals surface area contributed by atoms with Gasteiger partial charge in [0, 0.05) is 16.2 Å². The molecule has 0 aliphatic rings. The van der Waals surface area contributed by atoms with Gasteiger partial charge in [0.15, 0.2) is 0 Å². The monoisotopic (exact) mass is 237 g/mol. The molecule has 1 aromatic heterocycles. The molecule has 0 aliphatic heterocycles. The number of rotatable bonds is 2. The zero-order chi connectivity index (χ0) is 9.14. The number of hydrogen-bond acceptors (Lipinski definition) is 2. The summed E-state index contributed by atoms with van der Waals surface area (Å²) in [6.07, 6.45) is -1.35. The quantitative estimate of drug-likeness (QED) is 0.857. The van der Waals surface area contributed by atoms with Crippen LogP contribution in [0.3, 0.4) is 0 Å². The fourth-order valence-electron chi connectivity index (χ4n) is 0.710. The first-order valence-corrected chi connectivity index (χ1v) is 3.97. The van der Waals surface area contributed by atoms with E-state index in [1.807, 2.05) is 0 Å². The molecule has 0 aromatic carbocycles. The zero-order valence-corrected chi connectivity index (χ0v) is 7.55. The Bertz CT molecular complexity index is 280. The second kappa shape index (κ2) is 3.91. The number of pyridine rings is 1. The molecule has 1 aromatic rings. The molecular formula is C7H6BrF2NO. The molecule has 5 heteroatoms. The van der Waals surface area contributed by atoms with Crippen LogP contribution in [-0.4, -0.2) is 10.1 Å². The Morgan fingerprint density at radius 1 is 1.58 bits per heavy atom. The zero-order valence-electron chi connectivity index (χ0n) is 5.97. The standard InChI is InChI=1S/C7H6BrF2NO/c8-5-1-6(7(9)10)11-2-4(5)3-12/h1-2,7,12H,3H2. The van der Waals surface area contributed by atoms with Crippen molar-refractivity contribution in [2.24, 2.45) is 0 Å². The Morgan fingerprint density at radius 3 is 2.67 bits per heavy atom. The molecule has 0 aliphatic carbocycles. The summed E-state index contributed by atoms with van der Waals surface area (Å²) in [6.45, 7) is -0.211. The summed E-state index contributed by atoms with van der Waals surface area (Å²) in [5, 5.41) is 8.69. The molecule has 0 amide bonds. The van der Waals surface area contributed by atoms with Crippen molar-refractivity contribution < 1.29 is 13.9 Å². The van der Waals surface area contributed by atoms with Gasteiger partial charge in [-0.25, -0.2) is 8.78 Å². The Kier molecular flexibility index (Phi) is 3.11. The van der Waals surface area contributed by atoms with Crippen LogP contribution in [0.25, 0.3) is 0 Å². The van der Waals surface area contributed by atoms with E-state index in [9.17, 15) is 8.78 Å². The van der Waals surface area contributed by atoms with Gasteiger partial charge in [-0.15, -0.1) is 0 Å². The fraction of sp³-hybridized carbons (Fsp3) is 0.286. The average Bonchev–Trinajstić information content (AvgIpc) is 2.04. The molecule has 0 atom stereocenters. The van der Waals surface area contributed by atoms with Gasteiger partial charge in [0.2, 0.25) is 0 Å². The van der Waals surface area contributed by atoms with Crippen molar-refractivity contribution in [1.82, 2.24) is 4.98 Å². The van der Waals surface area contributed by atoms with Crippen molar-refractivity contribution in [2.45, 2.75) is 13.0 Å². The minimum absolute atomic E-state index is 0.211. The van der Waals surface area contributed by atoms with Gasteiger partial charge in [-0.05, 0) is 6.07 Å². The second-order valence-corrected chi connectivity index (χ2v) is 3.01. The Labute approximate surface area is 76.4 Å². The van der Waals surface area contributed by atoms with Crippen LogP contribution < -0.4 is 0 Å². The lowest BCUT2D eigenvalue weighted by Gasteiger charge is -2.02. The third-order valence-corrected chi connectivity index (χ3v) is 2.08. The van der Waals surface area contributed by atoms with Gasteiger partial charge in [0.1, 0.15) is 5.69 Å². The van der Waals surface area contributed by atoms with Crippen molar-refractivity contribution in [2.75, 3.05) is 0 Å². The Hall–Kier alpha value is -0.550. The van der Waals surface area contributed by atoms with Crippen LogP contribution in [0, 0.1) is 0 Å². The van der Waals surface area contributed by atoms with Crippen LogP contribution >= 0.6 is 15.9 Å². The van der Waals surface area contributed by atoms with Gasteiger partial charge in [0.25, 0.3) is 6.43 Å². The van der Waals surface area contributed by atoms with E-state index in [0.29, 0.717) is 10.0 Å². The third kappa shape index (κ3) is 1.98. The van der Waals surface area contributed by atoms with E-state index in [2.05, 4.69) is 20.9 Å². The molecule has 0 saturated heterocycles. The molecule has 0 fully saturated rings. The van der Waals surface area contributed by atoms with E-state index in [1.165, 1.54) is 12.3 Å². The van der Waals surface area contributed by atoms with E-state index >= 15 is 0 Å². The molecule has 2 nitrogen and oxygen atoms in total. The summed E-state index contributed by atoms with van der Waals surface area (Å²) in [6, 6.07) is 1.20. The van der Waals surface area contributed by atoms with Crippen LogP contribution in [0.5, 0.6) is 0 Å². The van der Waals surface area contributed by atoms with E-state index in [4.69, 9.17) is 5.11 Å². The summed E-state index contributed by atoms with van der Waals surface area (Å²) in [5.41, 5.74) is 0.207. The van der Waals surface area contributed by atoms with E-state index < -0.39 is 6.43 Å². The van der Waals surface area contributed by atoms with Gasteiger partial charge in [-0.1, -0.05) is 15.9 Å². The maximum Gasteiger partial charge on any atom is 0.280 e. The maximum absolute atomic E-state index is 12.0. The molecule has 0 saturated carbocycles. The van der Waals surface area contributed by atoms with Gasteiger partial charge < -0.3 is 5.11 Å². The first kappa shape index (κ1) is 9.54. The van der Waals surface area contributed by atoms with Crippen LogP contribution in [0.15, 0.2) is 16.7 Å². The van der Waals surface area contributed by atoms with Crippen LogP contribution in [-0.2, 0) is 6.61 Å². The molecule has 0 bridgehead atoms. The summed E-state index contributed by atoms with van der Waals surface area (Å²) in [4.78, 5) is 3.47. The van der Waals surface area contributed by atoms with E-state index in [-0.39, 0.29) is 12.3 Å². The summed E-state index contributed by atoms with van der Waals surface area (Å²) < 4.78 is 24.5. The van der Waals surface area contributed by atoms with Crippen molar-refractivity contribution in [3.63, 3.8) is 0 Å². The molecule has 1 N–H and O–H groups in total. The summed E-state index contributed by atoms with van der Waals surface area (Å²) in [7, 11) is 0. The highest BCUT2D eigenvalue weighted by molar-refractivity contribution is 9.10. The van der Waals surface area contributed by atoms with Crippen molar-refractivity contribution in [1.29, 1.82) is 0 Å². The number of aliphatic hydroxyl groups is 1. The van der Waals surface area contributed by atoms with Crippen LogP contribution in [0.4, 0.5) is 8.78 Å². The Morgan fingerprint density at radius 2 is 2.25 bits per heavy atom. The second-order valence-electron chi connectivity index (χ2n) is 2.16. The Balaban J connectivity index is 3.02. The first-order valence-electron chi connectivity index (χ1n) is 3.18. The lowest BCUT2D eigenvalue weighted by Crippen LogP contribution is -1.93. The molecule has 12 heavy (non-hydrogen) atoms. The fourth-order valence-corrected chi connectivity index (χ4v) is 1.17. The molecule has 0 unspecified atom stereocenters. The highest BCUT2D eigenvalue weighted by Crippen LogP contribution is 2.22. The number of aliphatic hydroxyl groups excluding tert-OH is 1. The third-order valence-electron chi connectivity index (χ3n) is 1.34. The van der Waals surface area contributed by atoms with Crippen molar-refractivity contribution in [3.8, 4) is 0 Å². The van der Waals surface area contributed by atoms with Crippen molar-refractivity contribution >= 4 is 15.9 Å². The average molecular weight is 238 g/mol. The minimum Gasteiger partial charge on any atom is -0.392 e. The summed E-state index contributed by atoms with van der Waals surface area (Å²) >= 11 is 3.04. The lowest BCUT2D eigenvalue weighted by molar-refractivity contribution is 0.146. The normalized spacial score (nSPS) is 10.8. The molecule has 1 heterocycles. The SMILES string of the molecule is OCc1cnc(C(F)F)cc1Br. The molecule has 0 spiro atoms. The molecule has 1 rings (SSSR count). The first-order chi connectivity index (χ1) is 5.65. The number of alkyl halides is 2. The number of nitrogens with zero attached hydrogens (tertiary/aromatic N) is 1. The topological polar surface area (TPSA) is 33.1 Å². The molecular weight excluding hydrogens is 232 g/mol. The predicted molar refractivity (Wildman–Crippen MR) is 42.8 cm³/mol. The lowest BCUT2D eigenvalue weighted by atomic mass is 10.2. The smallest absolute Gasteiger partial charge is 0.280 e. The van der Waals surface area contributed by atoms with Gasteiger partial charge in [0.05, 0.1) is 6.61 Å². The number of halogens is 3. The van der Waals surface area contributed by atoms with Gasteiger partial charge >= 0.3 is 0 Å². The van der Waals surface area contributed by atoms with Crippen LogP contribution in [0.1, 0.15) is 17.7 Å². The number of hydrogen-bond donors (Lipinski definition) is 1. The van der Waals surface area contributed by atoms with E-state index in [0.717, 1.165) is 0 Å². The largest absolute Gasteiger partial charge is 0.392 e. The molecule has 0 radical (unpaired) electrons. The van der Waals surface area contributed by atoms with Gasteiger partial charge in [-0.2, -0.15) is 0 Å². The van der Waals surface area contributed by atoms with Crippen molar-refractivity contribution in [3.05, 3.63) is 28.0 Å². The highest BCUT2D eigenvalue weighted by Gasteiger charge is 2.10. The minimum atomic E-state index is -2.57.